The molecule has 316 valence electrons. The second-order valence-electron chi connectivity index (χ2n) is 21.0. The van der Waals surface area contributed by atoms with Gasteiger partial charge in [-0.05, 0) is 178 Å². The van der Waals surface area contributed by atoms with Crippen molar-refractivity contribution in [3.63, 3.8) is 0 Å². The Bertz CT molecular complexity index is 1620. The smallest absolute Gasteiger partial charge is 0.250 e. The SMILES string of the molecule is CB1C(NC(=O)c2c(C)c(C)c(C)c(C)c2C)B(C)C(C)C(C)C(C)C(C)C1C.CB1C(NCc2c(C)c(C)c(C)c(C)c2C)B(C)C(C)C(C)C(C)C(C)C1C. The van der Waals surface area contributed by atoms with Crippen LogP contribution in [-0.4, -0.2) is 44.4 Å². The minimum Gasteiger partial charge on any atom is -0.364 e. The Labute approximate surface area is 356 Å². The van der Waals surface area contributed by atoms with Gasteiger partial charge in [-0.1, -0.05) is 120 Å². The second kappa shape index (κ2) is 19.7. The Morgan fingerprint density at radius 2 is 0.667 bits per heavy atom. The number of carbonyl (C=O) groups excluding carboxylic acids is 1. The first kappa shape index (κ1) is 49.5. The standard InChI is InChI=1S/C25H43B2NO.C25H45B2N/c1-13-14(2)19(7)23(20(8)15(13)3)24(29)28-25-26(11)21(9)17(5)16(4)18(6)22(10)27(25)12;1-14-15(2)20(7)24(21(8)16(14)3)13-28-25-26(11)22(9)18(5)17(4)19(6)23(10)27(25)12/h16-18,21-22,25H,1-12H3,(H,28,29);17-19,22-23,25,28H,13H2,1-12H3. The van der Waals surface area contributed by atoms with Gasteiger partial charge >= 0.3 is 0 Å². The third-order valence-corrected chi connectivity index (χ3v) is 19.4. The van der Waals surface area contributed by atoms with E-state index in [1.54, 1.807) is 0 Å². The summed E-state index contributed by atoms with van der Waals surface area (Å²) in [4.78, 5) is 13.6. The van der Waals surface area contributed by atoms with Crippen LogP contribution < -0.4 is 10.6 Å². The summed E-state index contributed by atoms with van der Waals surface area (Å²) >= 11 is 0. The van der Waals surface area contributed by atoms with Gasteiger partial charge in [0.2, 0.25) is 0 Å². The van der Waals surface area contributed by atoms with Crippen LogP contribution in [0.25, 0.3) is 0 Å². The summed E-state index contributed by atoms with van der Waals surface area (Å²) in [7, 11) is 0. The number of hydrogen-bond acceptors (Lipinski definition) is 2. The predicted octanol–water partition coefficient (Wildman–Crippen LogP) is 13.1. The van der Waals surface area contributed by atoms with Gasteiger partial charge < -0.3 is 10.6 Å². The Kier molecular flexibility index (Phi) is 17.1. The van der Waals surface area contributed by atoms with E-state index in [1.807, 2.05) is 0 Å². The lowest BCUT2D eigenvalue weighted by atomic mass is 9.17. The maximum absolute atomic E-state index is 13.6. The lowest BCUT2D eigenvalue weighted by Gasteiger charge is -2.45. The maximum Gasteiger partial charge on any atom is 0.250 e. The van der Waals surface area contributed by atoms with Gasteiger partial charge in [-0.2, -0.15) is 0 Å². The fourth-order valence-electron chi connectivity index (χ4n) is 11.8. The summed E-state index contributed by atoms with van der Waals surface area (Å²) in [5, 5.41) is 7.61. The fourth-order valence-corrected chi connectivity index (χ4v) is 11.8. The summed E-state index contributed by atoms with van der Waals surface area (Å²) in [5.41, 5.74) is 15.8. The van der Waals surface area contributed by atoms with Crippen LogP contribution in [0.2, 0.25) is 50.6 Å². The molecule has 7 heteroatoms. The average molecular weight is 777 g/mol. The van der Waals surface area contributed by atoms with Crippen molar-refractivity contribution in [1.82, 2.24) is 10.6 Å². The molecule has 0 bridgehead atoms. The van der Waals surface area contributed by atoms with E-state index in [-0.39, 0.29) is 11.7 Å². The molecule has 0 aromatic heterocycles. The van der Waals surface area contributed by atoms with Crippen molar-refractivity contribution >= 4 is 32.8 Å². The third-order valence-electron chi connectivity index (χ3n) is 19.4. The van der Waals surface area contributed by atoms with E-state index in [0.717, 1.165) is 52.6 Å². The van der Waals surface area contributed by atoms with Crippen molar-refractivity contribution in [2.45, 2.75) is 207 Å². The van der Waals surface area contributed by atoms with Crippen molar-refractivity contribution in [2.24, 2.45) is 35.5 Å². The van der Waals surface area contributed by atoms with E-state index < -0.39 is 0 Å². The van der Waals surface area contributed by atoms with Gasteiger partial charge in [0.15, 0.2) is 26.9 Å². The van der Waals surface area contributed by atoms with Crippen LogP contribution in [0.15, 0.2) is 0 Å². The number of amides is 1. The molecule has 3 nitrogen and oxygen atoms in total. The Hall–Kier alpha value is -1.87. The Morgan fingerprint density at radius 1 is 0.404 bits per heavy atom. The lowest BCUT2D eigenvalue weighted by molar-refractivity contribution is 0.0952. The van der Waals surface area contributed by atoms with Crippen LogP contribution in [0.3, 0.4) is 0 Å². The molecule has 8 atom stereocenters. The van der Waals surface area contributed by atoms with E-state index in [4.69, 9.17) is 0 Å². The van der Waals surface area contributed by atoms with Crippen LogP contribution in [0, 0.1) is 105 Å². The number of hydrogen-bond donors (Lipinski definition) is 2. The largest absolute Gasteiger partial charge is 0.364 e. The number of rotatable bonds is 5. The molecule has 2 N–H and O–H groups in total. The van der Waals surface area contributed by atoms with Gasteiger partial charge in [0, 0.05) is 12.1 Å². The zero-order chi connectivity index (χ0) is 43.9. The normalized spacial score (nSPS) is 31.2. The van der Waals surface area contributed by atoms with Gasteiger partial charge in [0.05, 0.1) is 0 Å². The molecule has 1 amide bonds. The molecule has 57 heavy (non-hydrogen) atoms. The molecule has 0 radical (unpaired) electrons. The quantitative estimate of drug-likeness (QED) is 0.297. The van der Waals surface area contributed by atoms with Crippen molar-refractivity contribution in [3.8, 4) is 0 Å². The molecule has 2 aliphatic rings. The summed E-state index contributed by atoms with van der Waals surface area (Å²) < 4.78 is 0. The van der Waals surface area contributed by atoms with E-state index in [2.05, 4.69) is 176 Å². The van der Waals surface area contributed by atoms with Crippen LogP contribution in [-0.2, 0) is 6.54 Å². The number of carbonyl (C=O) groups is 1. The summed E-state index contributed by atoms with van der Waals surface area (Å²) in [6, 6.07) is 0. The Morgan fingerprint density at radius 3 is 0.982 bits per heavy atom. The minimum atomic E-state index is 0.114. The molecule has 2 saturated heterocycles. The zero-order valence-corrected chi connectivity index (χ0v) is 41.9. The first-order valence-electron chi connectivity index (χ1n) is 23.4. The van der Waals surface area contributed by atoms with Crippen LogP contribution in [0.1, 0.15) is 141 Å². The predicted molar refractivity (Wildman–Crippen MR) is 261 cm³/mol. The maximum atomic E-state index is 13.6. The molecule has 0 aliphatic carbocycles. The van der Waals surface area contributed by atoms with Crippen LogP contribution in [0.4, 0.5) is 0 Å². The topological polar surface area (TPSA) is 41.1 Å². The van der Waals surface area contributed by atoms with Crippen molar-refractivity contribution < 1.29 is 4.79 Å². The highest BCUT2D eigenvalue weighted by molar-refractivity contribution is 6.81. The fraction of sp³-hybridized carbons (Fsp3) is 0.740. The highest BCUT2D eigenvalue weighted by Gasteiger charge is 2.45. The van der Waals surface area contributed by atoms with E-state index in [0.29, 0.717) is 62.1 Å². The molecule has 2 aliphatic heterocycles. The van der Waals surface area contributed by atoms with Gasteiger partial charge in [-0.3, -0.25) is 4.79 Å². The van der Waals surface area contributed by atoms with E-state index >= 15 is 0 Å². The van der Waals surface area contributed by atoms with Crippen LogP contribution in [0.5, 0.6) is 0 Å². The Balaban J connectivity index is 0.000000306. The lowest BCUT2D eigenvalue weighted by Crippen LogP contribution is -2.59. The molecular formula is C50H88B4N2O. The van der Waals surface area contributed by atoms with Gasteiger partial charge in [-0.15, -0.1) is 0 Å². The third kappa shape index (κ3) is 9.70. The van der Waals surface area contributed by atoms with Crippen LogP contribution >= 0.6 is 0 Å². The molecule has 2 aromatic carbocycles. The molecule has 8 unspecified atom stereocenters. The summed E-state index contributed by atoms with van der Waals surface area (Å²) in [5.74, 6) is 7.89. The minimum absolute atomic E-state index is 0.114. The van der Waals surface area contributed by atoms with Gasteiger partial charge in [0.25, 0.3) is 5.91 Å². The van der Waals surface area contributed by atoms with E-state index in [1.165, 1.54) is 50.1 Å². The zero-order valence-electron chi connectivity index (χ0n) is 41.9. The first-order chi connectivity index (χ1) is 26.2. The number of nitrogens with one attached hydrogen (secondary N) is 2. The first-order valence-corrected chi connectivity index (χ1v) is 23.4. The van der Waals surface area contributed by atoms with Gasteiger partial charge in [-0.25, -0.2) is 0 Å². The molecule has 2 aromatic rings. The second-order valence-corrected chi connectivity index (χ2v) is 21.0. The molecule has 2 fully saturated rings. The molecule has 0 saturated carbocycles. The van der Waals surface area contributed by atoms with E-state index in [9.17, 15) is 4.79 Å². The summed E-state index contributed by atoms with van der Waals surface area (Å²) in [6.45, 7) is 59.6. The average Bonchev–Trinajstić information content (AvgIpc) is 3.19. The molecule has 4 rings (SSSR count). The number of benzene rings is 2. The van der Waals surface area contributed by atoms with Crippen molar-refractivity contribution in [3.05, 3.63) is 66.8 Å². The van der Waals surface area contributed by atoms with Crippen molar-refractivity contribution in [2.75, 3.05) is 0 Å². The van der Waals surface area contributed by atoms with Crippen molar-refractivity contribution in [1.29, 1.82) is 0 Å². The highest BCUT2D eigenvalue weighted by Crippen LogP contribution is 2.44. The molecule has 0 spiro atoms. The summed E-state index contributed by atoms with van der Waals surface area (Å²) in [6.07, 6.45) is 0. The highest BCUT2D eigenvalue weighted by atomic mass is 16.1. The van der Waals surface area contributed by atoms with Gasteiger partial charge in [0.1, 0.15) is 0 Å². The monoisotopic (exact) mass is 777 g/mol. The molecule has 2 heterocycles. The molecular weight excluding hydrogens is 688 g/mol.